The number of benzene rings is 2. The molecule has 0 fully saturated rings. The fraction of sp³-hybridized carbons (Fsp3) is 0.143. The second-order valence-electron chi connectivity index (χ2n) is 7.63. The van der Waals surface area contributed by atoms with Gasteiger partial charge in [-0.25, -0.2) is 0 Å². The summed E-state index contributed by atoms with van der Waals surface area (Å²) in [6.07, 6.45) is 6.99. The minimum atomic E-state index is -0.0644. The lowest BCUT2D eigenvalue weighted by atomic mass is 10.0. The number of pyridine rings is 1. The molecule has 5 nitrogen and oxygen atoms in total. The normalized spacial score (nSPS) is 11.0. The van der Waals surface area contributed by atoms with Crippen molar-refractivity contribution in [1.82, 2.24) is 10.3 Å². The molecule has 6 heteroatoms. The Labute approximate surface area is 203 Å². The van der Waals surface area contributed by atoms with Crippen LogP contribution < -0.4 is 14.8 Å². The molecule has 0 aliphatic carbocycles. The highest BCUT2D eigenvalue weighted by molar-refractivity contribution is 7.13. The van der Waals surface area contributed by atoms with Crippen LogP contribution in [0.2, 0.25) is 0 Å². The molecule has 2 heterocycles. The molecule has 1 N–H and O–H groups in total. The maximum absolute atomic E-state index is 12.8. The summed E-state index contributed by atoms with van der Waals surface area (Å²) in [6.45, 7) is 1.46. The molecule has 0 amide bonds. The monoisotopic (exact) mass is 470 g/mol. The van der Waals surface area contributed by atoms with Gasteiger partial charge in [0, 0.05) is 53.1 Å². The number of nitrogens with zero attached hydrogens (tertiary/aromatic N) is 1. The van der Waals surface area contributed by atoms with Crippen LogP contribution in [0.15, 0.2) is 84.5 Å². The van der Waals surface area contributed by atoms with Gasteiger partial charge in [0.1, 0.15) is 11.5 Å². The highest BCUT2D eigenvalue weighted by Gasteiger charge is 2.13. The molecule has 34 heavy (non-hydrogen) atoms. The number of rotatable bonds is 10. The predicted octanol–water partition coefficient (Wildman–Crippen LogP) is 6.01. The first-order valence-electron chi connectivity index (χ1n) is 10.9. The number of methoxy groups -OCH3 is 2. The first kappa shape index (κ1) is 23.4. The zero-order chi connectivity index (χ0) is 23.8. The number of nitrogens with one attached hydrogen (secondary N) is 1. The zero-order valence-electron chi connectivity index (χ0n) is 19.2. The largest absolute Gasteiger partial charge is 0.496 e. The van der Waals surface area contributed by atoms with Crippen LogP contribution in [0.4, 0.5) is 0 Å². The highest BCUT2D eigenvalue weighted by atomic mass is 32.1. The Kier molecular flexibility index (Phi) is 7.86. The number of ether oxygens (including phenoxy) is 2. The van der Waals surface area contributed by atoms with Crippen molar-refractivity contribution in [2.45, 2.75) is 13.1 Å². The van der Waals surface area contributed by atoms with Gasteiger partial charge in [-0.1, -0.05) is 36.4 Å². The third-order valence-corrected chi connectivity index (χ3v) is 6.28. The Hall–Kier alpha value is -3.74. The van der Waals surface area contributed by atoms with Crippen LogP contribution in [0.5, 0.6) is 11.5 Å². The molecule has 4 rings (SSSR count). The molecule has 0 spiro atoms. The average molecular weight is 471 g/mol. The molecule has 2 aromatic heterocycles. The van der Waals surface area contributed by atoms with Crippen LogP contribution in [0.1, 0.15) is 27.0 Å². The SMILES string of the molecule is COc1cc(OC)c(-c2cccs2)cc1/C=C/C(=O)c1ccc(CNCc2cccnc2)cc1. The molecule has 0 atom stereocenters. The van der Waals surface area contributed by atoms with Crippen molar-refractivity contribution in [1.29, 1.82) is 0 Å². The first-order valence-corrected chi connectivity index (χ1v) is 11.8. The van der Waals surface area contributed by atoms with Crippen molar-refractivity contribution in [2.75, 3.05) is 14.2 Å². The van der Waals surface area contributed by atoms with E-state index in [1.54, 1.807) is 43.9 Å². The number of hydrogen-bond donors (Lipinski definition) is 1. The third-order valence-electron chi connectivity index (χ3n) is 5.37. The van der Waals surface area contributed by atoms with E-state index in [1.807, 2.05) is 72.2 Å². The van der Waals surface area contributed by atoms with Crippen LogP contribution in [0, 0.1) is 0 Å². The molecular formula is C28H26N2O3S. The molecule has 0 bridgehead atoms. The van der Waals surface area contributed by atoms with Gasteiger partial charge in [0.15, 0.2) is 5.78 Å². The van der Waals surface area contributed by atoms with E-state index in [9.17, 15) is 4.79 Å². The summed E-state index contributed by atoms with van der Waals surface area (Å²) in [7, 11) is 3.25. The molecular weight excluding hydrogens is 444 g/mol. The summed E-state index contributed by atoms with van der Waals surface area (Å²) in [5, 5.41) is 5.41. The van der Waals surface area contributed by atoms with Gasteiger partial charge in [0.2, 0.25) is 0 Å². The second kappa shape index (κ2) is 11.4. The number of aromatic nitrogens is 1. The van der Waals surface area contributed by atoms with Crippen molar-refractivity contribution in [3.05, 3.63) is 107 Å². The summed E-state index contributed by atoms with van der Waals surface area (Å²) in [4.78, 5) is 18.0. The Bertz CT molecular complexity index is 1250. The summed E-state index contributed by atoms with van der Waals surface area (Å²) in [5.41, 5.74) is 4.67. The fourth-order valence-electron chi connectivity index (χ4n) is 3.58. The molecule has 0 saturated heterocycles. The van der Waals surface area contributed by atoms with Crippen molar-refractivity contribution < 1.29 is 14.3 Å². The lowest BCUT2D eigenvalue weighted by Gasteiger charge is -2.12. The van der Waals surface area contributed by atoms with E-state index in [4.69, 9.17) is 9.47 Å². The van der Waals surface area contributed by atoms with Gasteiger partial charge < -0.3 is 14.8 Å². The van der Waals surface area contributed by atoms with Gasteiger partial charge in [-0.15, -0.1) is 11.3 Å². The maximum Gasteiger partial charge on any atom is 0.185 e. The average Bonchev–Trinajstić information content (AvgIpc) is 3.42. The van der Waals surface area contributed by atoms with Gasteiger partial charge in [0.05, 0.1) is 14.2 Å². The highest BCUT2D eigenvalue weighted by Crippen LogP contribution is 2.38. The molecule has 0 aliphatic heterocycles. The van der Waals surface area contributed by atoms with Gasteiger partial charge in [-0.2, -0.15) is 0 Å². The zero-order valence-corrected chi connectivity index (χ0v) is 20.0. The van der Waals surface area contributed by atoms with E-state index in [0.29, 0.717) is 17.9 Å². The number of hydrogen-bond acceptors (Lipinski definition) is 6. The van der Waals surface area contributed by atoms with E-state index in [2.05, 4.69) is 10.3 Å². The van der Waals surface area contributed by atoms with Gasteiger partial charge in [0.25, 0.3) is 0 Å². The van der Waals surface area contributed by atoms with Crippen LogP contribution in [0.25, 0.3) is 16.5 Å². The smallest absolute Gasteiger partial charge is 0.185 e. The molecule has 2 aromatic carbocycles. The van der Waals surface area contributed by atoms with Crippen molar-refractivity contribution in [3.8, 4) is 21.9 Å². The summed E-state index contributed by atoms with van der Waals surface area (Å²) < 4.78 is 11.1. The summed E-state index contributed by atoms with van der Waals surface area (Å²) in [6, 6.07) is 19.5. The number of carbonyl (C=O) groups is 1. The Morgan fingerprint density at radius 1 is 0.971 bits per heavy atom. The van der Waals surface area contributed by atoms with E-state index in [-0.39, 0.29) is 5.78 Å². The molecule has 0 aliphatic rings. The Morgan fingerprint density at radius 3 is 2.44 bits per heavy atom. The minimum Gasteiger partial charge on any atom is -0.496 e. The van der Waals surface area contributed by atoms with Crippen LogP contribution >= 0.6 is 11.3 Å². The topological polar surface area (TPSA) is 60.5 Å². The number of thiophene rings is 1. The third kappa shape index (κ3) is 5.78. The van der Waals surface area contributed by atoms with Crippen LogP contribution in [-0.4, -0.2) is 25.0 Å². The van der Waals surface area contributed by atoms with E-state index >= 15 is 0 Å². The van der Waals surface area contributed by atoms with Gasteiger partial charge in [-0.05, 0) is 46.9 Å². The van der Waals surface area contributed by atoms with Crippen molar-refractivity contribution in [3.63, 3.8) is 0 Å². The Morgan fingerprint density at radius 2 is 1.76 bits per heavy atom. The summed E-state index contributed by atoms with van der Waals surface area (Å²) in [5.74, 6) is 1.32. The van der Waals surface area contributed by atoms with E-state index < -0.39 is 0 Å². The van der Waals surface area contributed by atoms with E-state index in [0.717, 1.165) is 39.4 Å². The maximum atomic E-state index is 12.8. The van der Waals surface area contributed by atoms with E-state index in [1.165, 1.54) is 0 Å². The van der Waals surface area contributed by atoms with Crippen LogP contribution in [-0.2, 0) is 13.1 Å². The van der Waals surface area contributed by atoms with Crippen molar-refractivity contribution in [2.24, 2.45) is 0 Å². The molecule has 172 valence electrons. The Balaban J connectivity index is 1.44. The summed E-state index contributed by atoms with van der Waals surface area (Å²) >= 11 is 1.63. The number of carbonyl (C=O) groups excluding carboxylic acids is 1. The number of allylic oxidation sites excluding steroid dienone is 1. The second-order valence-corrected chi connectivity index (χ2v) is 8.58. The quantitative estimate of drug-likeness (QED) is 0.227. The lowest BCUT2D eigenvalue weighted by Crippen LogP contribution is -2.12. The molecule has 0 unspecified atom stereocenters. The fourth-order valence-corrected chi connectivity index (χ4v) is 4.33. The minimum absolute atomic E-state index is 0.0644. The first-order chi connectivity index (χ1) is 16.7. The van der Waals surface area contributed by atoms with Gasteiger partial charge in [-0.3, -0.25) is 9.78 Å². The predicted molar refractivity (Wildman–Crippen MR) is 137 cm³/mol. The number of ketones is 1. The molecule has 4 aromatic rings. The van der Waals surface area contributed by atoms with Crippen LogP contribution in [0.3, 0.4) is 0 Å². The molecule has 0 saturated carbocycles. The lowest BCUT2D eigenvalue weighted by molar-refractivity contribution is 0.104. The molecule has 0 radical (unpaired) electrons. The van der Waals surface area contributed by atoms with Crippen molar-refractivity contribution >= 4 is 23.2 Å². The van der Waals surface area contributed by atoms with Gasteiger partial charge >= 0.3 is 0 Å². The standard InChI is InChI=1S/C28H26N2O3S/c1-32-26-16-27(33-2)24(28-6-4-14-34-28)15-23(26)11-12-25(31)22-9-7-20(8-10-22)17-30-19-21-5-3-13-29-18-21/h3-16,18,30H,17,19H2,1-2H3/b12-11+.